The number of likely N-dealkylation sites (N-methyl/N-ethyl adjacent to an activating group) is 1. The average molecular weight is 470 g/mol. The Balaban J connectivity index is 1.84. The van der Waals surface area contributed by atoms with E-state index in [1.54, 1.807) is 51.6 Å². The van der Waals surface area contributed by atoms with Crippen molar-refractivity contribution in [1.82, 2.24) is 5.32 Å². The van der Waals surface area contributed by atoms with Gasteiger partial charge in [-0.15, -0.1) is 0 Å². The van der Waals surface area contributed by atoms with Gasteiger partial charge in [0.1, 0.15) is 23.1 Å². The molecule has 4 unspecified atom stereocenters. The Bertz CT molecular complexity index is 1200. The standard InChI is InChI=1S/C26H25ClFNO4/c1-29-23-14-20(15-5-4-6-18(28)11-15)26(16-7-9-17(27)10-8-16)25(23,30)24-21(32-3)12-19(31-2)13-22(24)33-26/h4-13,20,23,29-30H,14H2,1-3H3. The summed E-state index contributed by atoms with van der Waals surface area (Å²) in [6.07, 6.45) is 0.508. The van der Waals surface area contributed by atoms with Crippen LogP contribution in [0.3, 0.4) is 0 Å². The van der Waals surface area contributed by atoms with Gasteiger partial charge in [0.05, 0.1) is 19.8 Å². The number of hydrogen-bond donors (Lipinski definition) is 2. The molecule has 3 aromatic rings. The minimum Gasteiger partial charge on any atom is -0.496 e. The van der Waals surface area contributed by atoms with E-state index in [1.165, 1.54) is 12.1 Å². The van der Waals surface area contributed by atoms with Gasteiger partial charge in [0, 0.05) is 29.1 Å². The summed E-state index contributed by atoms with van der Waals surface area (Å²) in [4.78, 5) is 0. The third kappa shape index (κ3) is 2.98. The SMILES string of the molecule is CNC1CC(c2cccc(F)c2)C2(c3ccc(Cl)cc3)Oc3cc(OC)cc(OC)c3C12O. The lowest BCUT2D eigenvalue weighted by Crippen LogP contribution is -2.55. The maximum Gasteiger partial charge on any atom is 0.175 e. The summed E-state index contributed by atoms with van der Waals surface area (Å²) in [5.74, 6) is 0.751. The summed E-state index contributed by atoms with van der Waals surface area (Å²) in [5, 5.41) is 16.5. The van der Waals surface area contributed by atoms with Crippen LogP contribution in [0.4, 0.5) is 4.39 Å². The molecule has 1 heterocycles. The Morgan fingerprint density at radius 3 is 2.48 bits per heavy atom. The van der Waals surface area contributed by atoms with Gasteiger partial charge in [-0.25, -0.2) is 4.39 Å². The molecule has 0 bridgehead atoms. The minimum absolute atomic E-state index is 0.343. The predicted molar refractivity (Wildman–Crippen MR) is 124 cm³/mol. The molecule has 5 nitrogen and oxygen atoms in total. The highest BCUT2D eigenvalue weighted by Crippen LogP contribution is 2.68. The van der Waals surface area contributed by atoms with Crippen molar-refractivity contribution >= 4 is 11.6 Å². The van der Waals surface area contributed by atoms with Gasteiger partial charge in [-0.3, -0.25) is 0 Å². The van der Waals surface area contributed by atoms with E-state index in [1.807, 2.05) is 18.2 Å². The molecule has 7 heteroatoms. The molecule has 0 spiro atoms. The van der Waals surface area contributed by atoms with Gasteiger partial charge < -0.3 is 24.6 Å². The molecular weight excluding hydrogens is 445 g/mol. The topological polar surface area (TPSA) is 60.0 Å². The van der Waals surface area contributed by atoms with Crippen molar-refractivity contribution in [3.8, 4) is 17.2 Å². The first-order chi connectivity index (χ1) is 15.9. The molecule has 2 aliphatic rings. The number of fused-ring (bicyclic) bond motifs is 3. The second-order valence-corrected chi connectivity index (χ2v) is 8.93. The van der Waals surface area contributed by atoms with Crippen LogP contribution in [-0.2, 0) is 11.2 Å². The predicted octanol–water partition coefficient (Wildman–Crippen LogP) is 4.75. The number of aliphatic hydroxyl groups is 1. The molecule has 4 atom stereocenters. The maximum absolute atomic E-state index is 14.3. The third-order valence-electron chi connectivity index (χ3n) is 7.05. The van der Waals surface area contributed by atoms with Gasteiger partial charge in [0.15, 0.2) is 11.2 Å². The molecule has 0 saturated heterocycles. The molecule has 0 aromatic heterocycles. The molecule has 172 valence electrons. The Morgan fingerprint density at radius 2 is 1.85 bits per heavy atom. The normalized spacial score (nSPS) is 27.6. The lowest BCUT2D eigenvalue weighted by atomic mass is 9.71. The van der Waals surface area contributed by atoms with Crippen molar-refractivity contribution in [3.05, 3.63) is 88.2 Å². The molecule has 33 heavy (non-hydrogen) atoms. The Morgan fingerprint density at radius 1 is 1.09 bits per heavy atom. The molecule has 3 aromatic carbocycles. The second-order valence-electron chi connectivity index (χ2n) is 8.50. The zero-order valence-corrected chi connectivity index (χ0v) is 19.3. The first-order valence-corrected chi connectivity index (χ1v) is 11.1. The van der Waals surface area contributed by atoms with Crippen LogP contribution in [-0.4, -0.2) is 32.4 Å². The Hall–Kier alpha value is -2.80. The summed E-state index contributed by atoms with van der Waals surface area (Å²) in [6.45, 7) is 0. The first kappa shape index (κ1) is 22.0. The zero-order chi connectivity index (χ0) is 23.4. The van der Waals surface area contributed by atoms with Gasteiger partial charge in [0.25, 0.3) is 0 Å². The van der Waals surface area contributed by atoms with Crippen molar-refractivity contribution in [2.45, 2.75) is 29.6 Å². The number of benzene rings is 3. The highest BCUT2D eigenvalue weighted by molar-refractivity contribution is 6.30. The molecular formula is C26H25ClFNO4. The van der Waals surface area contributed by atoms with Crippen molar-refractivity contribution in [1.29, 1.82) is 0 Å². The zero-order valence-electron chi connectivity index (χ0n) is 18.6. The van der Waals surface area contributed by atoms with Crippen molar-refractivity contribution in [2.24, 2.45) is 0 Å². The van der Waals surface area contributed by atoms with Crippen LogP contribution in [0.2, 0.25) is 5.02 Å². The molecule has 1 saturated carbocycles. The van der Waals surface area contributed by atoms with Gasteiger partial charge in [-0.1, -0.05) is 35.9 Å². The second kappa shape index (κ2) is 7.90. The van der Waals surface area contributed by atoms with Crippen molar-refractivity contribution in [3.63, 3.8) is 0 Å². The van der Waals surface area contributed by atoms with E-state index in [2.05, 4.69) is 5.32 Å². The fourth-order valence-corrected chi connectivity index (χ4v) is 5.80. The summed E-state index contributed by atoms with van der Waals surface area (Å²) in [5.41, 5.74) is -0.780. The summed E-state index contributed by atoms with van der Waals surface area (Å²) in [6, 6.07) is 16.8. The first-order valence-electron chi connectivity index (χ1n) is 10.8. The molecule has 0 radical (unpaired) electrons. The van der Waals surface area contributed by atoms with Crippen LogP contribution >= 0.6 is 11.6 Å². The fraction of sp³-hybridized carbons (Fsp3) is 0.308. The molecule has 2 N–H and O–H groups in total. The van der Waals surface area contributed by atoms with Crippen LogP contribution in [0, 0.1) is 5.82 Å². The van der Waals surface area contributed by atoms with Gasteiger partial charge in [-0.2, -0.15) is 0 Å². The van der Waals surface area contributed by atoms with E-state index in [4.69, 9.17) is 25.8 Å². The van der Waals surface area contributed by atoms with E-state index in [0.717, 1.165) is 11.1 Å². The number of hydrogen-bond acceptors (Lipinski definition) is 5. The van der Waals surface area contributed by atoms with Gasteiger partial charge in [-0.05, 0) is 48.9 Å². The number of nitrogens with one attached hydrogen (secondary N) is 1. The van der Waals surface area contributed by atoms with Gasteiger partial charge in [0.2, 0.25) is 0 Å². The van der Waals surface area contributed by atoms with E-state index in [-0.39, 0.29) is 11.7 Å². The van der Waals surface area contributed by atoms with Crippen LogP contribution in [0.5, 0.6) is 17.2 Å². The quantitative estimate of drug-likeness (QED) is 0.565. The van der Waals surface area contributed by atoms with E-state index in [9.17, 15) is 9.50 Å². The van der Waals surface area contributed by atoms with Crippen LogP contribution < -0.4 is 19.5 Å². The van der Waals surface area contributed by atoms with E-state index in [0.29, 0.717) is 34.3 Å². The highest BCUT2D eigenvalue weighted by atomic mass is 35.5. The number of halogens is 2. The highest BCUT2D eigenvalue weighted by Gasteiger charge is 2.73. The third-order valence-corrected chi connectivity index (χ3v) is 7.30. The lowest BCUT2D eigenvalue weighted by Gasteiger charge is -2.41. The van der Waals surface area contributed by atoms with Crippen LogP contribution in [0.1, 0.15) is 29.0 Å². The van der Waals surface area contributed by atoms with E-state index < -0.39 is 17.2 Å². The van der Waals surface area contributed by atoms with Crippen LogP contribution in [0.15, 0.2) is 60.7 Å². The smallest absolute Gasteiger partial charge is 0.175 e. The molecule has 1 aliphatic heterocycles. The Kier molecular flexibility index (Phi) is 5.27. The molecule has 1 aliphatic carbocycles. The number of methoxy groups -OCH3 is 2. The monoisotopic (exact) mass is 469 g/mol. The minimum atomic E-state index is -1.53. The molecule has 0 amide bonds. The fourth-order valence-electron chi connectivity index (χ4n) is 5.68. The lowest BCUT2D eigenvalue weighted by molar-refractivity contribution is -0.117. The Labute approximate surface area is 197 Å². The van der Waals surface area contributed by atoms with Crippen molar-refractivity contribution in [2.75, 3.05) is 21.3 Å². The largest absolute Gasteiger partial charge is 0.496 e. The maximum atomic E-state index is 14.3. The number of ether oxygens (including phenoxy) is 3. The van der Waals surface area contributed by atoms with Crippen LogP contribution in [0.25, 0.3) is 0 Å². The summed E-state index contributed by atoms with van der Waals surface area (Å²) in [7, 11) is 4.91. The van der Waals surface area contributed by atoms with Crippen molar-refractivity contribution < 1.29 is 23.7 Å². The number of rotatable bonds is 5. The summed E-state index contributed by atoms with van der Waals surface area (Å²) < 4.78 is 32.2. The van der Waals surface area contributed by atoms with E-state index >= 15 is 0 Å². The summed E-state index contributed by atoms with van der Waals surface area (Å²) >= 11 is 6.20. The molecule has 1 fully saturated rings. The molecule has 5 rings (SSSR count). The average Bonchev–Trinajstić information content (AvgIpc) is 3.23. The van der Waals surface area contributed by atoms with Gasteiger partial charge >= 0.3 is 0 Å².